The van der Waals surface area contributed by atoms with E-state index in [4.69, 9.17) is 0 Å². The van der Waals surface area contributed by atoms with E-state index in [0.29, 0.717) is 0 Å². The minimum Gasteiger partial charge on any atom is -0.0651 e. The molecule has 0 N–H and O–H groups in total. The average Bonchev–Trinajstić information content (AvgIpc) is 2.82. The second kappa shape index (κ2) is 2.24. The lowest BCUT2D eigenvalue weighted by Gasteiger charge is -2.08. The standard InChI is InChI=1S/C11H20/c1-4-8-6-10(8)11(3)7-9(11)5-2/h8-10H,4-7H2,1-3H3. The van der Waals surface area contributed by atoms with Crippen LogP contribution in [0.15, 0.2) is 0 Å². The molecule has 0 aromatic rings. The van der Waals surface area contributed by atoms with E-state index in [1.807, 2.05) is 0 Å². The lowest BCUT2D eigenvalue weighted by Crippen LogP contribution is -2.02. The van der Waals surface area contributed by atoms with Crippen LogP contribution in [0.1, 0.15) is 46.5 Å². The molecule has 0 aromatic heterocycles. The molecule has 0 amide bonds. The minimum atomic E-state index is 0.801. The van der Waals surface area contributed by atoms with Gasteiger partial charge in [0.2, 0.25) is 0 Å². The van der Waals surface area contributed by atoms with Crippen LogP contribution in [0.25, 0.3) is 0 Å². The summed E-state index contributed by atoms with van der Waals surface area (Å²) in [4.78, 5) is 0. The first-order valence-electron chi connectivity index (χ1n) is 5.22. The van der Waals surface area contributed by atoms with Gasteiger partial charge in [0.05, 0.1) is 0 Å². The van der Waals surface area contributed by atoms with Crippen LogP contribution in [0.2, 0.25) is 0 Å². The Bertz CT molecular complexity index is 161. The van der Waals surface area contributed by atoms with Crippen LogP contribution in [0, 0.1) is 23.2 Å². The molecule has 0 spiro atoms. The second-order valence-corrected chi connectivity index (χ2v) is 4.83. The first-order valence-corrected chi connectivity index (χ1v) is 5.22. The van der Waals surface area contributed by atoms with Gasteiger partial charge in [-0.25, -0.2) is 0 Å². The van der Waals surface area contributed by atoms with Crippen LogP contribution < -0.4 is 0 Å². The highest BCUT2D eigenvalue weighted by atomic mass is 14.7. The van der Waals surface area contributed by atoms with Crippen molar-refractivity contribution in [3.8, 4) is 0 Å². The van der Waals surface area contributed by atoms with Crippen molar-refractivity contribution in [3.05, 3.63) is 0 Å². The van der Waals surface area contributed by atoms with Crippen molar-refractivity contribution in [2.24, 2.45) is 23.2 Å². The topological polar surface area (TPSA) is 0 Å². The Morgan fingerprint density at radius 1 is 1.27 bits per heavy atom. The smallest absolute Gasteiger partial charge is 0.0264 e. The summed E-state index contributed by atoms with van der Waals surface area (Å²) in [5.41, 5.74) is 0.801. The largest absolute Gasteiger partial charge is 0.0651 e. The number of hydrogen-bond acceptors (Lipinski definition) is 0. The first-order chi connectivity index (χ1) is 5.22. The van der Waals surface area contributed by atoms with Crippen molar-refractivity contribution < 1.29 is 0 Å². The summed E-state index contributed by atoms with van der Waals surface area (Å²) in [7, 11) is 0. The third-order valence-electron chi connectivity index (χ3n) is 4.25. The fourth-order valence-corrected chi connectivity index (χ4v) is 3.04. The van der Waals surface area contributed by atoms with Gasteiger partial charge >= 0.3 is 0 Å². The molecular formula is C11H20. The Morgan fingerprint density at radius 2 is 2.00 bits per heavy atom. The van der Waals surface area contributed by atoms with Gasteiger partial charge < -0.3 is 0 Å². The monoisotopic (exact) mass is 152 g/mol. The molecule has 2 fully saturated rings. The van der Waals surface area contributed by atoms with Crippen molar-refractivity contribution in [2.45, 2.75) is 46.5 Å². The maximum absolute atomic E-state index is 2.52. The molecule has 0 heterocycles. The van der Waals surface area contributed by atoms with Crippen LogP contribution in [0.4, 0.5) is 0 Å². The number of hydrogen-bond donors (Lipinski definition) is 0. The van der Waals surface area contributed by atoms with Gasteiger partial charge in [0.25, 0.3) is 0 Å². The lowest BCUT2D eigenvalue weighted by molar-refractivity contribution is 0.401. The van der Waals surface area contributed by atoms with Crippen molar-refractivity contribution in [1.82, 2.24) is 0 Å². The molecule has 2 aliphatic rings. The van der Waals surface area contributed by atoms with Gasteiger partial charge in [-0.05, 0) is 36.0 Å². The predicted molar refractivity (Wildman–Crippen MR) is 48.4 cm³/mol. The van der Waals surface area contributed by atoms with Crippen molar-refractivity contribution in [3.63, 3.8) is 0 Å². The molecule has 2 rings (SSSR count). The van der Waals surface area contributed by atoms with Crippen LogP contribution in [0.3, 0.4) is 0 Å². The SMILES string of the molecule is CCC1CC1C1(C)CC1CC. The van der Waals surface area contributed by atoms with Crippen LogP contribution in [0.5, 0.6) is 0 Å². The zero-order chi connectivity index (χ0) is 8.06. The van der Waals surface area contributed by atoms with E-state index < -0.39 is 0 Å². The van der Waals surface area contributed by atoms with Gasteiger partial charge in [-0.1, -0.05) is 33.6 Å². The Balaban J connectivity index is 1.89. The van der Waals surface area contributed by atoms with Gasteiger partial charge in [0.1, 0.15) is 0 Å². The molecule has 0 bridgehead atoms. The molecule has 0 aromatic carbocycles. The predicted octanol–water partition coefficient (Wildman–Crippen LogP) is 3.47. The number of rotatable bonds is 3. The normalized spacial score (nSPS) is 54.3. The maximum Gasteiger partial charge on any atom is -0.0264 e. The van der Waals surface area contributed by atoms with E-state index in [-0.39, 0.29) is 0 Å². The first kappa shape index (κ1) is 7.64. The minimum absolute atomic E-state index is 0.801. The summed E-state index contributed by atoms with van der Waals surface area (Å²) in [6.45, 7) is 7.21. The lowest BCUT2D eigenvalue weighted by atomic mass is 9.96. The van der Waals surface area contributed by atoms with E-state index in [9.17, 15) is 0 Å². The summed E-state index contributed by atoms with van der Waals surface area (Å²) in [5.74, 6) is 3.32. The summed E-state index contributed by atoms with van der Waals surface area (Å²) < 4.78 is 0. The zero-order valence-corrected chi connectivity index (χ0v) is 8.06. The fourth-order valence-electron chi connectivity index (χ4n) is 3.04. The third kappa shape index (κ3) is 1.02. The van der Waals surface area contributed by atoms with Gasteiger partial charge in [0.15, 0.2) is 0 Å². The van der Waals surface area contributed by atoms with E-state index in [1.54, 1.807) is 6.42 Å². The molecule has 2 aliphatic carbocycles. The molecule has 11 heavy (non-hydrogen) atoms. The van der Waals surface area contributed by atoms with Crippen LogP contribution in [-0.4, -0.2) is 0 Å². The van der Waals surface area contributed by atoms with Crippen LogP contribution >= 0.6 is 0 Å². The third-order valence-corrected chi connectivity index (χ3v) is 4.25. The summed E-state index contributed by atoms with van der Waals surface area (Å²) >= 11 is 0. The van der Waals surface area contributed by atoms with Gasteiger partial charge in [-0.2, -0.15) is 0 Å². The Kier molecular flexibility index (Phi) is 1.56. The molecular weight excluding hydrogens is 132 g/mol. The molecule has 2 saturated carbocycles. The van der Waals surface area contributed by atoms with Crippen molar-refractivity contribution >= 4 is 0 Å². The Labute approximate surface area is 70.4 Å². The highest BCUT2D eigenvalue weighted by Gasteiger charge is 2.60. The summed E-state index contributed by atoms with van der Waals surface area (Å²) in [6.07, 6.45) is 5.92. The quantitative estimate of drug-likeness (QED) is 0.581. The molecule has 0 nitrogen and oxygen atoms in total. The highest BCUT2D eigenvalue weighted by molar-refractivity contribution is 5.09. The molecule has 4 atom stereocenters. The summed E-state index contributed by atoms with van der Waals surface area (Å²) in [5, 5.41) is 0. The van der Waals surface area contributed by atoms with Crippen molar-refractivity contribution in [1.29, 1.82) is 0 Å². The van der Waals surface area contributed by atoms with Gasteiger partial charge in [0, 0.05) is 0 Å². The molecule has 0 heteroatoms. The fraction of sp³-hybridized carbons (Fsp3) is 1.00. The van der Waals surface area contributed by atoms with E-state index in [0.717, 1.165) is 23.2 Å². The van der Waals surface area contributed by atoms with E-state index >= 15 is 0 Å². The van der Waals surface area contributed by atoms with Gasteiger partial charge in [-0.15, -0.1) is 0 Å². The highest BCUT2D eigenvalue weighted by Crippen LogP contribution is 2.68. The Morgan fingerprint density at radius 3 is 2.36 bits per heavy atom. The molecule has 0 aliphatic heterocycles. The molecule has 4 unspecified atom stereocenters. The van der Waals surface area contributed by atoms with E-state index in [2.05, 4.69) is 20.8 Å². The second-order valence-electron chi connectivity index (χ2n) is 4.83. The Hall–Kier alpha value is 0. The van der Waals surface area contributed by atoms with Crippen molar-refractivity contribution in [2.75, 3.05) is 0 Å². The van der Waals surface area contributed by atoms with Gasteiger partial charge in [-0.3, -0.25) is 0 Å². The molecule has 0 radical (unpaired) electrons. The van der Waals surface area contributed by atoms with Crippen LogP contribution in [-0.2, 0) is 0 Å². The van der Waals surface area contributed by atoms with E-state index in [1.165, 1.54) is 19.3 Å². The maximum atomic E-state index is 2.52. The summed E-state index contributed by atoms with van der Waals surface area (Å²) in [6, 6.07) is 0. The molecule has 64 valence electrons. The zero-order valence-electron chi connectivity index (χ0n) is 8.06. The average molecular weight is 152 g/mol. The molecule has 0 saturated heterocycles.